The summed E-state index contributed by atoms with van der Waals surface area (Å²) in [4.78, 5) is 33.7. The number of carbonyl (C=O) groups is 2. The molecule has 0 aliphatic carbocycles. The molecular weight excluding hydrogens is 541 g/mol. The summed E-state index contributed by atoms with van der Waals surface area (Å²) in [5, 5.41) is 0. The first-order chi connectivity index (χ1) is 19.9. The second kappa shape index (κ2) is 11.2. The predicted molar refractivity (Wildman–Crippen MR) is 156 cm³/mol. The molecule has 7 nitrogen and oxygen atoms in total. The summed E-state index contributed by atoms with van der Waals surface area (Å²) in [6.07, 6.45) is 0. The van der Waals surface area contributed by atoms with E-state index in [1.165, 1.54) is 11.0 Å². The molecule has 2 aliphatic rings. The lowest BCUT2D eigenvalue weighted by Crippen LogP contribution is -2.48. The van der Waals surface area contributed by atoms with Gasteiger partial charge < -0.3 is 19.4 Å². The summed E-state index contributed by atoms with van der Waals surface area (Å²) in [7, 11) is -0.0313. The molecular formula is C32H28FN3O4S. The third-order valence-corrected chi connectivity index (χ3v) is 9.05. The maximum Gasteiger partial charge on any atom is 0.259 e. The first-order valence-corrected chi connectivity index (χ1v) is 14.5. The lowest BCUT2D eigenvalue weighted by Gasteiger charge is -2.36. The number of halogens is 1. The summed E-state index contributed by atoms with van der Waals surface area (Å²) >= 11 is 0. The van der Waals surface area contributed by atoms with E-state index in [4.69, 9.17) is 4.74 Å². The molecule has 2 heterocycles. The zero-order valence-corrected chi connectivity index (χ0v) is 23.3. The van der Waals surface area contributed by atoms with E-state index >= 15 is 0 Å². The molecule has 6 rings (SSSR count). The molecule has 4 aromatic carbocycles. The molecule has 4 aromatic rings. The van der Waals surface area contributed by atoms with Crippen LogP contribution in [0.15, 0.2) is 101 Å². The summed E-state index contributed by atoms with van der Waals surface area (Å²) in [6, 6.07) is 25.8. The fraction of sp³-hybridized carbons (Fsp3) is 0.188. The van der Waals surface area contributed by atoms with Gasteiger partial charge in [0.1, 0.15) is 11.6 Å². The lowest BCUT2D eigenvalue weighted by molar-refractivity contribution is 0.0746. The number of ether oxygens (including phenoxy) is 1. The highest BCUT2D eigenvalue weighted by molar-refractivity contribution is 7.85. The Morgan fingerprint density at radius 2 is 1.59 bits per heavy atom. The highest BCUT2D eigenvalue weighted by Crippen LogP contribution is 2.36. The number of piperazine rings is 1. The van der Waals surface area contributed by atoms with E-state index in [1.807, 2.05) is 24.3 Å². The van der Waals surface area contributed by atoms with Crippen molar-refractivity contribution in [3.63, 3.8) is 0 Å². The summed E-state index contributed by atoms with van der Waals surface area (Å²) < 4.78 is 33.6. The van der Waals surface area contributed by atoms with Crippen LogP contribution in [0, 0.1) is 5.82 Å². The van der Waals surface area contributed by atoms with Crippen molar-refractivity contribution in [3.05, 3.63) is 114 Å². The zero-order valence-electron chi connectivity index (χ0n) is 22.5. The van der Waals surface area contributed by atoms with Crippen LogP contribution in [-0.2, 0) is 17.3 Å². The lowest BCUT2D eigenvalue weighted by atomic mass is 10.1. The summed E-state index contributed by atoms with van der Waals surface area (Å²) in [5.74, 6) is -0.221. The molecule has 0 bridgehead atoms. The molecule has 9 heteroatoms. The third kappa shape index (κ3) is 5.09. The molecule has 0 saturated carbocycles. The number of benzene rings is 4. The van der Waals surface area contributed by atoms with E-state index in [0.717, 1.165) is 11.4 Å². The minimum atomic E-state index is -1.66. The number of fused-ring (bicyclic) bond motifs is 2. The maximum absolute atomic E-state index is 14.7. The van der Waals surface area contributed by atoms with Crippen LogP contribution in [0.1, 0.15) is 26.3 Å². The summed E-state index contributed by atoms with van der Waals surface area (Å²) in [5.41, 5.74) is 2.41. The first kappa shape index (κ1) is 26.7. The van der Waals surface area contributed by atoms with Gasteiger partial charge in [-0.25, -0.2) is 8.60 Å². The van der Waals surface area contributed by atoms with Crippen molar-refractivity contribution < 1.29 is 22.9 Å². The van der Waals surface area contributed by atoms with E-state index in [-0.39, 0.29) is 12.5 Å². The molecule has 1 fully saturated rings. The number of nitrogens with zero attached hydrogens (tertiary/aromatic N) is 3. The monoisotopic (exact) mass is 569 g/mol. The number of methoxy groups -OCH3 is 1. The van der Waals surface area contributed by atoms with Gasteiger partial charge in [-0.15, -0.1) is 0 Å². The van der Waals surface area contributed by atoms with Crippen LogP contribution in [0.25, 0.3) is 0 Å². The number of hydrogen-bond acceptors (Lipinski definition) is 5. The highest BCUT2D eigenvalue weighted by Gasteiger charge is 2.33. The zero-order chi connectivity index (χ0) is 28.5. The molecule has 1 saturated heterocycles. The number of rotatable bonds is 5. The smallest absolute Gasteiger partial charge is 0.259 e. The van der Waals surface area contributed by atoms with E-state index in [9.17, 15) is 18.2 Å². The van der Waals surface area contributed by atoms with Gasteiger partial charge in [0.15, 0.2) is 0 Å². The second-order valence-corrected chi connectivity index (χ2v) is 11.3. The maximum atomic E-state index is 14.7. The summed E-state index contributed by atoms with van der Waals surface area (Å²) in [6.45, 7) is 2.32. The van der Waals surface area contributed by atoms with Crippen LogP contribution in [-0.4, -0.2) is 54.2 Å². The quantitative estimate of drug-likeness (QED) is 0.334. The Hall–Kier alpha value is -4.50. The Balaban J connectivity index is 1.30. The van der Waals surface area contributed by atoms with Crippen molar-refractivity contribution in [3.8, 4) is 5.75 Å². The van der Waals surface area contributed by atoms with Crippen LogP contribution in [0.5, 0.6) is 5.75 Å². The van der Waals surface area contributed by atoms with Gasteiger partial charge in [0.25, 0.3) is 11.8 Å². The van der Waals surface area contributed by atoms with Gasteiger partial charge in [0.2, 0.25) is 0 Å². The second-order valence-electron chi connectivity index (χ2n) is 9.91. The molecule has 208 valence electrons. The third-order valence-electron chi connectivity index (χ3n) is 7.55. The highest BCUT2D eigenvalue weighted by atomic mass is 32.2. The number of hydrogen-bond donors (Lipinski definition) is 0. The number of anilines is 2. The van der Waals surface area contributed by atoms with Gasteiger partial charge >= 0.3 is 0 Å². The fourth-order valence-electron chi connectivity index (χ4n) is 5.29. The van der Waals surface area contributed by atoms with E-state index in [1.54, 1.807) is 72.7 Å². The molecule has 0 aromatic heterocycles. The molecule has 0 N–H and O–H groups in total. The topological polar surface area (TPSA) is 70.2 Å². The first-order valence-electron chi connectivity index (χ1n) is 13.3. The van der Waals surface area contributed by atoms with Crippen molar-refractivity contribution in [2.45, 2.75) is 16.3 Å². The number of amides is 2. The Bertz CT molecular complexity index is 1650. The van der Waals surface area contributed by atoms with Crippen molar-refractivity contribution in [1.82, 2.24) is 4.90 Å². The molecule has 0 radical (unpaired) electrons. The van der Waals surface area contributed by atoms with Crippen molar-refractivity contribution in [2.75, 3.05) is 43.1 Å². The minimum absolute atomic E-state index is 0.0672. The van der Waals surface area contributed by atoms with Crippen molar-refractivity contribution >= 4 is 34.0 Å². The Labute approximate surface area is 240 Å². The normalized spacial score (nSPS) is 16.6. The molecule has 2 aliphatic heterocycles. The average Bonchev–Trinajstić information content (AvgIpc) is 3.11. The van der Waals surface area contributed by atoms with Gasteiger partial charge in [-0.2, -0.15) is 0 Å². The van der Waals surface area contributed by atoms with Gasteiger partial charge in [0.05, 0.1) is 45.5 Å². The Morgan fingerprint density at radius 1 is 0.878 bits per heavy atom. The van der Waals surface area contributed by atoms with Crippen LogP contribution in [0.3, 0.4) is 0 Å². The van der Waals surface area contributed by atoms with E-state index in [0.29, 0.717) is 58.3 Å². The van der Waals surface area contributed by atoms with Crippen LogP contribution in [0.4, 0.5) is 15.8 Å². The van der Waals surface area contributed by atoms with Crippen LogP contribution in [0.2, 0.25) is 0 Å². The van der Waals surface area contributed by atoms with Crippen molar-refractivity contribution in [1.29, 1.82) is 0 Å². The fourth-order valence-corrected chi connectivity index (χ4v) is 6.64. The molecule has 1 atom stereocenters. The van der Waals surface area contributed by atoms with Crippen molar-refractivity contribution in [2.24, 2.45) is 0 Å². The van der Waals surface area contributed by atoms with Gasteiger partial charge in [0, 0.05) is 43.0 Å². The van der Waals surface area contributed by atoms with Gasteiger partial charge in [-0.05, 0) is 60.7 Å². The van der Waals surface area contributed by atoms with Gasteiger partial charge in [-0.1, -0.05) is 30.3 Å². The van der Waals surface area contributed by atoms with Crippen LogP contribution < -0.4 is 14.5 Å². The van der Waals surface area contributed by atoms with E-state index in [2.05, 4.69) is 4.90 Å². The average molecular weight is 570 g/mol. The molecule has 2 amide bonds. The standard InChI is InChI=1S/C32H28FN3O4S/c1-40-25-13-11-24(12-14-25)34-16-18-35(19-17-34)31(37)22-10-15-30-28(20-22)36(21-23-6-2-4-8-27(23)33)32(38)26-7-3-5-9-29(26)41(30)39/h2-15,20H,16-19,21H2,1H3. The van der Waals surface area contributed by atoms with Crippen LogP contribution >= 0.6 is 0 Å². The Morgan fingerprint density at radius 3 is 2.32 bits per heavy atom. The van der Waals surface area contributed by atoms with E-state index < -0.39 is 22.5 Å². The Kier molecular flexibility index (Phi) is 7.28. The predicted octanol–water partition coefficient (Wildman–Crippen LogP) is 5.12. The minimum Gasteiger partial charge on any atom is -0.497 e. The largest absolute Gasteiger partial charge is 0.497 e. The molecule has 41 heavy (non-hydrogen) atoms. The SMILES string of the molecule is COc1ccc(N2CCN(C(=O)c3ccc4c(c3)N(Cc3ccccc3F)C(=O)c3ccccc3S4=O)CC2)cc1. The molecule has 0 spiro atoms. The molecule has 1 unspecified atom stereocenters. The number of carbonyl (C=O) groups excluding carboxylic acids is 2. The van der Waals surface area contributed by atoms with Gasteiger partial charge in [-0.3, -0.25) is 9.59 Å².